The van der Waals surface area contributed by atoms with E-state index in [0.717, 1.165) is 11.1 Å². The maximum absolute atomic E-state index is 12.9. The predicted molar refractivity (Wildman–Crippen MR) is 122 cm³/mol. The highest BCUT2D eigenvalue weighted by atomic mass is 16.2. The summed E-state index contributed by atoms with van der Waals surface area (Å²) in [6.45, 7) is 8.94. The molecule has 0 saturated carbocycles. The van der Waals surface area contributed by atoms with Crippen LogP contribution in [0.3, 0.4) is 0 Å². The van der Waals surface area contributed by atoms with Gasteiger partial charge in [-0.25, -0.2) is 5.01 Å². The summed E-state index contributed by atoms with van der Waals surface area (Å²) in [7, 11) is 0. The number of benzene rings is 2. The number of amides is 3. The highest BCUT2D eigenvalue weighted by Gasteiger charge is 2.27. The fourth-order valence-electron chi connectivity index (χ4n) is 3.48. The van der Waals surface area contributed by atoms with Gasteiger partial charge in [0.1, 0.15) is 5.71 Å². The van der Waals surface area contributed by atoms with Crippen LogP contribution in [0.25, 0.3) is 0 Å². The van der Waals surface area contributed by atoms with E-state index < -0.39 is 0 Å². The van der Waals surface area contributed by atoms with E-state index in [9.17, 15) is 14.4 Å². The summed E-state index contributed by atoms with van der Waals surface area (Å²) in [4.78, 5) is 39.6. The molecule has 1 aliphatic heterocycles. The molecule has 1 heterocycles. The quantitative estimate of drug-likeness (QED) is 0.769. The third-order valence-corrected chi connectivity index (χ3v) is 5.31. The first-order chi connectivity index (χ1) is 14.8. The standard InChI is InChI=1S/C24H28N4O3/c1-5-27(6-2)24(31)18-8-7-9-19(15-18)25-23(30)20-12-13-22(29)28(26-20)21-14-16(3)10-11-17(21)4/h7-11,14-15H,5-6,12-13H2,1-4H3,(H,25,30). The van der Waals surface area contributed by atoms with Crippen molar-refractivity contribution in [2.24, 2.45) is 5.10 Å². The van der Waals surface area contributed by atoms with Gasteiger partial charge in [-0.1, -0.05) is 18.2 Å². The third kappa shape index (κ3) is 4.99. The Balaban J connectivity index is 1.82. The zero-order valence-corrected chi connectivity index (χ0v) is 18.4. The molecule has 0 saturated heterocycles. The van der Waals surface area contributed by atoms with Gasteiger partial charge in [-0.2, -0.15) is 5.10 Å². The number of nitrogens with one attached hydrogen (secondary N) is 1. The van der Waals surface area contributed by atoms with Gasteiger partial charge in [0.05, 0.1) is 5.69 Å². The third-order valence-electron chi connectivity index (χ3n) is 5.31. The van der Waals surface area contributed by atoms with Crippen LogP contribution in [-0.2, 0) is 9.59 Å². The van der Waals surface area contributed by atoms with Gasteiger partial charge in [-0.05, 0) is 63.1 Å². The molecule has 0 spiro atoms. The molecule has 162 valence electrons. The topological polar surface area (TPSA) is 82.1 Å². The summed E-state index contributed by atoms with van der Waals surface area (Å²) in [5, 5.41) is 8.49. The molecule has 0 unspecified atom stereocenters. The monoisotopic (exact) mass is 420 g/mol. The van der Waals surface area contributed by atoms with Crippen LogP contribution in [0.5, 0.6) is 0 Å². The second kappa shape index (κ2) is 9.55. The Bertz CT molecular complexity index is 1040. The summed E-state index contributed by atoms with van der Waals surface area (Å²) < 4.78 is 0. The number of anilines is 2. The van der Waals surface area contributed by atoms with E-state index in [-0.39, 0.29) is 36.3 Å². The number of hydrogen-bond donors (Lipinski definition) is 1. The molecule has 0 aromatic heterocycles. The molecule has 1 N–H and O–H groups in total. The first-order valence-corrected chi connectivity index (χ1v) is 10.5. The molecule has 0 radical (unpaired) electrons. The average Bonchev–Trinajstić information content (AvgIpc) is 2.76. The maximum atomic E-state index is 12.9. The fourth-order valence-corrected chi connectivity index (χ4v) is 3.48. The normalized spacial score (nSPS) is 13.6. The van der Waals surface area contributed by atoms with Crippen LogP contribution in [0.4, 0.5) is 11.4 Å². The Morgan fingerprint density at radius 1 is 1.06 bits per heavy atom. The highest BCUT2D eigenvalue weighted by molar-refractivity contribution is 6.44. The molecule has 2 aromatic carbocycles. The summed E-state index contributed by atoms with van der Waals surface area (Å²) in [5.41, 5.74) is 3.91. The van der Waals surface area contributed by atoms with E-state index >= 15 is 0 Å². The minimum atomic E-state index is -0.379. The number of carbonyl (C=O) groups excluding carboxylic acids is 3. The zero-order chi connectivity index (χ0) is 22.5. The smallest absolute Gasteiger partial charge is 0.271 e. The summed E-state index contributed by atoms with van der Waals surface area (Å²) in [6, 6.07) is 12.6. The second-order valence-corrected chi connectivity index (χ2v) is 7.55. The number of carbonyl (C=O) groups is 3. The SMILES string of the molecule is CCN(CC)C(=O)c1cccc(NC(=O)C2=NN(c3cc(C)ccc3C)C(=O)CC2)c1. The Morgan fingerprint density at radius 3 is 2.52 bits per heavy atom. The van der Waals surface area contributed by atoms with Gasteiger partial charge in [-0.3, -0.25) is 14.4 Å². The van der Waals surface area contributed by atoms with E-state index in [2.05, 4.69) is 10.4 Å². The molecule has 7 nitrogen and oxygen atoms in total. The van der Waals surface area contributed by atoms with Crippen molar-refractivity contribution in [3.05, 3.63) is 59.2 Å². The number of hydrogen-bond acceptors (Lipinski definition) is 4. The van der Waals surface area contributed by atoms with Crippen molar-refractivity contribution in [1.82, 2.24) is 4.90 Å². The van der Waals surface area contributed by atoms with Crippen molar-refractivity contribution < 1.29 is 14.4 Å². The van der Waals surface area contributed by atoms with Crippen LogP contribution in [0.15, 0.2) is 47.6 Å². The van der Waals surface area contributed by atoms with E-state index in [0.29, 0.717) is 30.0 Å². The lowest BCUT2D eigenvalue weighted by Gasteiger charge is -2.25. The molecule has 31 heavy (non-hydrogen) atoms. The van der Waals surface area contributed by atoms with Crippen LogP contribution < -0.4 is 10.3 Å². The molecule has 3 rings (SSSR count). The molecule has 0 atom stereocenters. The largest absolute Gasteiger partial charge is 0.339 e. The van der Waals surface area contributed by atoms with Gasteiger partial charge in [0.15, 0.2) is 0 Å². The Kier molecular flexibility index (Phi) is 6.84. The van der Waals surface area contributed by atoms with Crippen molar-refractivity contribution in [2.45, 2.75) is 40.5 Å². The lowest BCUT2D eigenvalue weighted by molar-refractivity contribution is -0.118. The molecule has 7 heteroatoms. The Morgan fingerprint density at radius 2 is 1.81 bits per heavy atom. The van der Waals surface area contributed by atoms with Crippen LogP contribution in [0, 0.1) is 13.8 Å². The highest BCUT2D eigenvalue weighted by Crippen LogP contribution is 2.25. The lowest BCUT2D eigenvalue weighted by atomic mass is 10.1. The summed E-state index contributed by atoms with van der Waals surface area (Å²) >= 11 is 0. The number of nitrogens with zero attached hydrogens (tertiary/aromatic N) is 3. The van der Waals surface area contributed by atoms with Crippen molar-refractivity contribution in [3.63, 3.8) is 0 Å². The summed E-state index contributed by atoms with van der Waals surface area (Å²) in [6.07, 6.45) is 0.476. The molecule has 0 bridgehead atoms. The van der Waals surface area contributed by atoms with Crippen LogP contribution in [0.1, 0.15) is 48.2 Å². The first kappa shape index (κ1) is 22.2. The Labute approximate surface area is 182 Å². The van der Waals surface area contributed by atoms with E-state index in [1.54, 1.807) is 29.2 Å². The molecule has 2 aromatic rings. The van der Waals surface area contributed by atoms with E-state index in [1.165, 1.54) is 5.01 Å². The van der Waals surface area contributed by atoms with Gasteiger partial charge < -0.3 is 10.2 Å². The van der Waals surface area contributed by atoms with Crippen molar-refractivity contribution in [2.75, 3.05) is 23.4 Å². The minimum absolute atomic E-state index is 0.0807. The molecule has 0 fully saturated rings. The van der Waals surface area contributed by atoms with Crippen LogP contribution in [-0.4, -0.2) is 41.4 Å². The van der Waals surface area contributed by atoms with Crippen LogP contribution >= 0.6 is 0 Å². The number of aryl methyl sites for hydroxylation is 2. The van der Waals surface area contributed by atoms with Gasteiger partial charge in [0.2, 0.25) is 5.91 Å². The minimum Gasteiger partial charge on any atom is -0.339 e. The van der Waals surface area contributed by atoms with Gasteiger partial charge in [0, 0.05) is 37.2 Å². The molecular weight excluding hydrogens is 392 g/mol. The summed E-state index contributed by atoms with van der Waals surface area (Å²) in [5.74, 6) is -0.602. The molecule has 1 aliphatic rings. The van der Waals surface area contributed by atoms with Gasteiger partial charge in [0.25, 0.3) is 11.8 Å². The van der Waals surface area contributed by atoms with E-state index in [1.807, 2.05) is 45.9 Å². The molecule has 0 aliphatic carbocycles. The fraction of sp³-hybridized carbons (Fsp3) is 0.333. The Hall–Kier alpha value is -3.48. The first-order valence-electron chi connectivity index (χ1n) is 10.5. The maximum Gasteiger partial charge on any atom is 0.271 e. The molecular formula is C24H28N4O3. The number of rotatable bonds is 6. The predicted octanol–water partition coefficient (Wildman–Crippen LogP) is 3.91. The van der Waals surface area contributed by atoms with Crippen molar-refractivity contribution >= 4 is 34.8 Å². The van der Waals surface area contributed by atoms with Gasteiger partial charge >= 0.3 is 0 Å². The van der Waals surface area contributed by atoms with Gasteiger partial charge in [-0.15, -0.1) is 0 Å². The van der Waals surface area contributed by atoms with Crippen molar-refractivity contribution in [3.8, 4) is 0 Å². The zero-order valence-electron chi connectivity index (χ0n) is 18.4. The number of hydrazone groups is 1. The second-order valence-electron chi connectivity index (χ2n) is 7.55. The average molecular weight is 421 g/mol. The van der Waals surface area contributed by atoms with Crippen molar-refractivity contribution in [1.29, 1.82) is 0 Å². The van der Waals surface area contributed by atoms with E-state index in [4.69, 9.17) is 0 Å². The lowest BCUT2D eigenvalue weighted by Crippen LogP contribution is -2.36. The molecule has 3 amide bonds. The van der Waals surface area contributed by atoms with Crippen LogP contribution in [0.2, 0.25) is 0 Å².